The lowest BCUT2D eigenvalue weighted by atomic mass is 10.1. The quantitative estimate of drug-likeness (QED) is 0.379. The van der Waals surface area contributed by atoms with Gasteiger partial charge in [-0.15, -0.1) is 24.0 Å². The van der Waals surface area contributed by atoms with Crippen LogP contribution in [0.2, 0.25) is 0 Å². The van der Waals surface area contributed by atoms with E-state index in [1.807, 2.05) is 19.2 Å². The molecule has 1 aliphatic heterocycles. The minimum atomic E-state index is 0. The molecule has 0 amide bonds. The summed E-state index contributed by atoms with van der Waals surface area (Å²) >= 11 is 2.07. The van der Waals surface area contributed by atoms with Crippen molar-refractivity contribution in [3.63, 3.8) is 0 Å². The molecule has 0 aliphatic carbocycles. The van der Waals surface area contributed by atoms with E-state index in [1.165, 1.54) is 17.7 Å². The third-order valence-electron chi connectivity index (χ3n) is 4.62. The average Bonchev–Trinajstić information content (AvgIpc) is 3.15. The Hall–Kier alpha value is -1.22. The molecular formula is C20H29IN4OS. The predicted molar refractivity (Wildman–Crippen MR) is 125 cm³/mol. The van der Waals surface area contributed by atoms with Gasteiger partial charge in [-0.25, -0.2) is 4.98 Å². The molecule has 1 aromatic carbocycles. The maximum atomic E-state index is 5.64. The lowest BCUT2D eigenvalue weighted by Gasteiger charge is -2.34. The summed E-state index contributed by atoms with van der Waals surface area (Å²) in [6.45, 7) is 7.26. The number of halogens is 1. The monoisotopic (exact) mass is 500 g/mol. The van der Waals surface area contributed by atoms with Gasteiger partial charge in [-0.05, 0) is 25.5 Å². The van der Waals surface area contributed by atoms with Crippen LogP contribution in [0.25, 0.3) is 11.5 Å². The first kappa shape index (κ1) is 22.1. The van der Waals surface area contributed by atoms with E-state index in [0.717, 1.165) is 43.3 Å². The molecule has 5 nitrogen and oxygen atoms in total. The summed E-state index contributed by atoms with van der Waals surface area (Å²) in [6.07, 6.45) is 3.78. The zero-order chi connectivity index (χ0) is 18.4. The van der Waals surface area contributed by atoms with Gasteiger partial charge in [0, 0.05) is 49.7 Å². The SMILES string of the molecule is CCC1CN(C(=NC)NCCc2coc(-c3ccc(C)cc3)n2)CCS1.I. The third kappa shape index (κ3) is 6.14. The van der Waals surface area contributed by atoms with E-state index in [-0.39, 0.29) is 24.0 Å². The number of hydrogen-bond acceptors (Lipinski definition) is 4. The first-order valence-electron chi connectivity index (χ1n) is 9.28. The molecule has 1 atom stereocenters. The van der Waals surface area contributed by atoms with Crippen LogP contribution in [0.3, 0.4) is 0 Å². The molecule has 0 saturated carbocycles. The molecule has 2 heterocycles. The molecule has 3 rings (SSSR count). The van der Waals surface area contributed by atoms with Gasteiger partial charge < -0.3 is 14.6 Å². The van der Waals surface area contributed by atoms with E-state index >= 15 is 0 Å². The van der Waals surface area contributed by atoms with Gasteiger partial charge in [0.1, 0.15) is 6.26 Å². The van der Waals surface area contributed by atoms with Gasteiger partial charge in [0.2, 0.25) is 5.89 Å². The number of aryl methyl sites for hydroxylation is 1. The summed E-state index contributed by atoms with van der Waals surface area (Å²) in [6, 6.07) is 8.24. The van der Waals surface area contributed by atoms with Crippen molar-refractivity contribution < 1.29 is 4.42 Å². The Kier molecular flexibility index (Phi) is 8.95. The molecule has 1 aromatic heterocycles. The fourth-order valence-electron chi connectivity index (χ4n) is 3.04. The van der Waals surface area contributed by atoms with Crippen molar-refractivity contribution in [2.45, 2.75) is 31.9 Å². The zero-order valence-electron chi connectivity index (χ0n) is 16.3. The molecule has 27 heavy (non-hydrogen) atoms. The number of thioether (sulfide) groups is 1. The minimum Gasteiger partial charge on any atom is -0.444 e. The van der Waals surface area contributed by atoms with E-state index in [4.69, 9.17) is 4.42 Å². The lowest BCUT2D eigenvalue weighted by Crippen LogP contribution is -2.48. The summed E-state index contributed by atoms with van der Waals surface area (Å²) in [4.78, 5) is 11.4. The van der Waals surface area contributed by atoms with Crippen LogP contribution in [0.1, 0.15) is 24.6 Å². The van der Waals surface area contributed by atoms with Gasteiger partial charge in [0.25, 0.3) is 0 Å². The van der Waals surface area contributed by atoms with Crippen LogP contribution in [-0.4, -0.2) is 53.5 Å². The maximum Gasteiger partial charge on any atom is 0.226 e. The smallest absolute Gasteiger partial charge is 0.226 e. The van der Waals surface area contributed by atoms with Crippen molar-refractivity contribution >= 4 is 41.7 Å². The zero-order valence-corrected chi connectivity index (χ0v) is 19.4. The molecule has 0 spiro atoms. The van der Waals surface area contributed by atoms with E-state index in [2.05, 4.69) is 57.9 Å². The topological polar surface area (TPSA) is 53.7 Å². The second-order valence-corrected chi connectivity index (χ2v) is 7.99. The highest BCUT2D eigenvalue weighted by atomic mass is 127. The molecule has 0 bridgehead atoms. The molecule has 0 radical (unpaired) electrons. The van der Waals surface area contributed by atoms with Crippen molar-refractivity contribution in [1.82, 2.24) is 15.2 Å². The summed E-state index contributed by atoms with van der Waals surface area (Å²) in [5.74, 6) is 2.84. The minimum absolute atomic E-state index is 0. The Morgan fingerprint density at radius 3 is 2.85 bits per heavy atom. The van der Waals surface area contributed by atoms with Gasteiger partial charge in [-0.3, -0.25) is 4.99 Å². The highest BCUT2D eigenvalue weighted by molar-refractivity contribution is 14.0. The fourth-order valence-corrected chi connectivity index (χ4v) is 4.22. The van der Waals surface area contributed by atoms with E-state index in [0.29, 0.717) is 11.1 Å². The Balaban J connectivity index is 0.00000261. The lowest BCUT2D eigenvalue weighted by molar-refractivity contribution is 0.408. The van der Waals surface area contributed by atoms with Gasteiger partial charge >= 0.3 is 0 Å². The molecule has 148 valence electrons. The van der Waals surface area contributed by atoms with Crippen LogP contribution in [0.15, 0.2) is 39.9 Å². The molecule has 1 unspecified atom stereocenters. The van der Waals surface area contributed by atoms with E-state index in [1.54, 1.807) is 6.26 Å². The molecule has 1 fully saturated rings. The predicted octanol–water partition coefficient (Wildman–Crippen LogP) is 4.21. The number of guanidine groups is 1. The van der Waals surface area contributed by atoms with Crippen LogP contribution >= 0.6 is 35.7 Å². The van der Waals surface area contributed by atoms with Crippen molar-refractivity contribution in [1.29, 1.82) is 0 Å². The largest absolute Gasteiger partial charge is 0.444 e. The number of aromatic nitrogens is 1. The number of nitrogens with zero attached hydrogens (tertiary/aromatic N) is 3. The van der Waals surface area contributed by atoms with Gasteiger partial charge in [0.05, 0.1) is 5.69 Å². The first-order chi connectivity index (χ1) is 12.7. The van der Waals surface area contributed by atoms with Crippen LogP contribution in [-0.2, 0) is 6.42 Å². The van der Waals surface area contributed by atoms with E-state index in [9.17, 15) is 0 Å². The maximum absolute atomic E-state index is 5.64. The number of nitrogens with one attached hydrogen (secondary N) is 1. The number of benzene rings is 1. The number of hydrogen-bond donors (Lipinski definition) is 1. The molecule has 7 heteroatoms. The van der Waals surface area contributed by atoms with Crippen LogP contribution in [0, 0.1) is 6.92 Å². The highest BCUT2D eigenvalue weighted by Gasteiger charge is 2.21. The first-order valence-corrected chi connectivity index (χ1v) is 10.3. The second-order valence-electron chi connectivity index (χ2n) is 6.58. The Bertz CT molecular complexity index is 732. The third-order valence-corrected chi connectivity index (χ3v) is 5.99. The summed E-state index contributed by atoms with van der Waals surface area (Å²) in [5.41, 5.74) is 3.21. The van der Waals surface area contributed by atoms with Gasteiger partial charge in [0.15, 0.2) is 5.96 Å². The highest BCUT2D eigenvalue weighted by Crippen LogP contribution is 2.21. The Labute approximate surface area is 183 Å². The van der Waals surface area contributed by atoms with Crippen molar-refractivity contribution in [3.8, 4) is 11.5 Å². The van der Waals surface area contributed by atoms with Gasteiger partial charge in [-0.2, -0.15) is 11.8 Å². The van der Waals surface area contributed by atoms with Crippen LogP contribution < -0.4 is 5.32 Å². The molecule has 1 saturated heterocycles. The van der Waals surface area contributed by atoms with E-state index < -0.39 is 0 Å². The average molecular weight is 500 g/mol. The second kappa shape index (κ2) is 10.9. The number of rotatable bonds is 5. The number of aliphatic imine (C=N–C) groups is 1. The van der Waals surface area contributed by atoms with Crippen LogP contribution in [0.5, 0.6) is 0 Å². The summed E-state index contributed by atoms with van der Waals surface area (Å²) in [5, 5.41) is 4.18. The standard InChI is InChI=1S/C20H28N4OS.HI/c1-4-18-13-24(11-12-26-18)20(21-3)22-10-9-17-14-25-19(23-17)16-7-5-15(2)6-8-16;/h5-8,14,18H,4,9-13H2,1-3H3,(H,21,22);1H. The Morgan fingerprint density at radius 1 is 1.37 bits per heavy atom. The number of oxazole rings is 1. The van der Waals surface area contributed by atoms with Crippen LogP contribution in [0.4, 0.5) is 0 Å². The van der Waals surface area contributed by atoms with Crippen molar-refractivity contribution in [2.24, 2.45) is 4.99 Å². The fraction of sp³-hybridized carbons (Fsp3) is 0.500. The molecule has 1 aliphatic rings. The molecular weight excluding hydrogens is 471 g/mol. The summed E-state index contributed by atoms with van der Waals surface area (Å²) in [7, 11) is 1.86. The van der Waals surface area contributed by atoms with Gasteiger partial charge in [-0.1, -0.05) is 24.6 Å². The summed E-state index contributed by atoms with van der Waals surface area (Å²) < 4.78 is 5.64. The molecule has 2 aromatic rings. The molecule has 1 N–H and O–H groups in total. The van der Waals surface area contributed by atoms with Crippen molar-refractivity contribution in [2.75, 3.05) is 32.4 Å². The van der Waals surface area contributed by atoms with Crippen molar-refractivity contribution in [3.05, 3.63) is 41.8 Å². The Morgan fingerprint density at radius 2 is 2.15 bits per heavy atom. The normalized spacial score (nSPS) is 17.5.